The Hall–Kier alpha value is -2.63. The van der Waals surface area contributed by atoms with Crippen LogP contribution in [0.2, 0.25) is 0 Å². The predicted molar refractivity (Wildman–Crippen MR) is 69.1 cm³/mol. The summed E-state index contributed by atoms with van der Waals surface area (Å²) in [6.45, 7) is 0. The number of hydrogen-bond donors (Lipinski definition) is 0. The molecule has 1 heterocycles. The van der Waals surface area contributed by atoms with Crippen molar-refractivity contribution >= 4 is 17.2 Å². The minimum atomic E-state index is -1.04. The molecule has 6 heteroatoms. The Morgan fingerprint density at radius 2 is 1.48 bits per heavy atom. The molecule has 0 aliphatic heterocycles. The van der Waals surface area contributed by atoms with Gasteiger partial charge in [0, 0.05) is 5.39 Å². The van der Waals surface area contributed by atoms with Crippen LogP contribution in [0.3, 0.4) is 0 Å². The summed E-state index contributed by atoms with van der Waals surface area (Å²) in [6.07, 6.45) is 0.183. The maximum Gasteiger partial charge on any atom is 0.153 e. The largest absolute Gasteiger partial charge is 0.298 e. The summed E-state index contributed by atoms with van der Waals surface area (Å²) in [5.41, 5.74) is -2.05. The van der Waals surface area contributed by atoms with E-state index in [1.807, 2.05) is 0 Å². The zero-order valence-electron chi connectivity index (χ0n) is 10.4. The molecule has 1 aromatic heterocycles. The highest BCUT2D eigenvalue weighted by molar-refractivity contribution is 6.05. The maximum atomic E-state index is 14.4. The number of hydrogen-bond acceptors (Lipinski definition) is 1. The average molecular weight is 293 g/mol. The molecule has 0 saturated carbocycles. The van der Waals surface area contributed by atoms with Crippen LogP contribution in [0.25, 0.3) is 22.2 Å². The standard InChI is InChI=1S/C15H7F4NO/c16-9-5-2-6-12-13(9)8(7-21)15(20(12)19)14-10(17)3-1-4-11(14)18/h1-7H. The van der Waals surface area contributed by atoms with Crippen molar-refractivity contribution in [2.24, 2.45) is 0 Å². The van der Waals surface area contributed by atoms with E-state index in [9.17, 15) is 22.4 Å². The van der Waals surface area contributed by atoms with E-state index in [0.29, 0.717) is 0 Å². The number of carbonyl (C=O) groups excluding carboxylic acids is 1. The quantitative estimate of drug-likeness (QED) is 0.511. The first-order chi connectivity index (χ1) is 10.1. The fourth-order valence-electron chi connectivity index (χ4n) is 2.36. The molecule has 106 valence electrons. The van der Waals surface area contributed by atoms with Crippen LogP contribution in [0.1, 0.15) is 10.4 Å². The van der Waals surface area contributed by atoms with Crippen LogP contribution in [0, 0.1) is 17.5 Å². The van der Waals surface area contributed by atoms with Gasteiger partial charge in [-0.15, -0.1) is 0 Å². The summed E-state index contributed by atoms with van der Waals surface area (Å²) >= 11 is 0. The number of benzene rings is 2. The molecule has 0 atom stereocenters. The molecule has 21 heavy (non-hydrogen) atoms. The second-order valence-corrected chi connectivity index (χ2v) is 4.39. The van der Waals surface area contributed by atoms with Crippen molar-refractivity contribution in [3.63, 3.8) is 0 Å². The normalized spacial score (nSPS) is 11.0. The number of halogens is 4. The fraction of sp³-hybridized carbons (Fsp3) is 0. The first kappa shape index (κ1) is 13.4. The van der Waals surface area contributed by atoms with Crippen molar-refractivity contribution in [3.8, 4) is 11.3 Å². The van der Waals surface area contributed by atoms with Gasteiger partial charge in [-0.2, -0.15) is 4.79 Å². The molecule has 0 fully saturated rings. The third-order valence-corrected chi connectivity index (χ3v) is 3.24. The zero-order valence-corrected chi connectivity index (χ0v) is 10.4. The monoisotopic (exact) mass is 293 g/mol. The number of nitrogens with zero attached hydrogens (tertiary/aromatic N) is 1. The fourth-order valence-corrected chi connectivity index (χ4v) is 2.36. The molecule has 2 aromatic carbocycles. The van der Waals surface area contributed by atoms with E-state index in [0.717, 1.165) is 24.3 Å². The van der Waals surface area contributed by atoms with Crippen LogP contribution in [-0.2, 0) is 0 Å². The van der Waals surface area contributed by atoms with Crippen molar-refractivity contribution in [1.82, 2.24) is 4.79 Å². The van der Waals surface area contributed by atoms with E-state index in [2.05, 4.69) is 0 Å². The summed E-state index contributed by atoms with van der Waals surface area (Å²) in [5.74, 6) is -2.93. The van der Waals surface area contributed by atoms with E-state index in [4.69, 9.17) is 0 Å². The Bertz CT molecular complexity index is 849. The molecule has 3 rings (SSSR count). The lowest BCUT2D eigenvalue weighted by molar-refractivity contribution is 0.112. The Labute approximate surface area is 116 Å². The third kappa shape index (κ3) is 1.83. The number of aldehydes is 1. The van der Waals surface area contributed by atoms with Gasteiger partial charge in [-0.25, -0.2) is 13.2 Å². The zero-order chi connectivity index (χ0) is 15.1. The second-order valence-electron chi connectivity index (χ2n) is 4.39. The van der Waals surface area contributed by atoms with E-state index in [1.165, 1.54) is 12.1 Å². The SMILES string of the molecule is O=Cc1c(-c2c(F)cccc2F)n(F)c2cccc(F)c12. The minimum Gasteiger partial charge on any atom is -0.298 e. The van der Waals surface area contributed by atoms with Crippen LogP contribution in [0.15, 0.2) is 36.4 Å². The van der Waals surface area contributed by atoms with E-state index in [-0.39, 0.29) is 22.0 Å². The smallest absolute Gasteiger partial charge is 0.153 e. The Kier molecular flexibility index (Phi) is 3.01. The van der Waals surface area contributed by atoms with Gasteiger partial charge >= 0.3 is 0 Å². The summed E-state index contributed by atoms with van der Waals surface area (Å²) in [4.78, 5) is 11.1. The lowest BCUT2D eigenvalue weighted by Gasteiger charge is -2.05. The summed E-state index contributed by atoms with van der Waals surface area (Å²) in [7, 11) is 0. The lowest BCUT2D eigenvalue weighted by atomic mass is 10.0. The van der Waals surface area contributed by atoms with Gasteiger partial charge in [-0.05, 0) is 24.3 Å². The molecular weight excluding hydrogens is 286 g/mol. The van der Waals surface area contributed by atoms with Gasteiger partial charge in [0.25, 0.3) is 0 Å². The highest BCUT2D eigenvalue weighted by Gasteiger charge is 2.25. The molecule has 0 saturated heterocycles. The van der Waals surface area contributed by atoms with E-state index < -0.39 is 34.3 Å². The first-order valence-corrected chi connectivity index (χ1v) is 5.95. The van der Waals surface area contributed by atoms with E-state index in [1.54, 1.807) is 0 Å². The summed E-state index contributed by atoms with van der Waals surface area (Å²) in [6, 6.07) is 6.47. The lowest BCUT2D eigenvalue weighted by Crippen LogP contribution is -1.96. The average Bonchev–Trinajstić information content (AvgIpc) is 2.74. The van der Waals surface area contributed by atoms with Gasteiger partial charge in [-0.3, -0.25) is 4.79 Å². The molecule has 0 N–H and O–H groups in total. The molecule has 2 nitrogen and oxygen atoms in total. The number of rotatable bonds is 2. The first-order valence-electron chi connectivity index (χ1n) is 5.95. The topological polar surface area (TPSA) is 22.0 Å². The molecular formula is C15H7F4NO. The molecule has 0 amide bonds. The molecule has 0 bridgehead atoms. The highest BCUT2D eigenvalue weighted by Crippen LogP contribution is 2.36. The predicted octanol–water partition coefficient (Wildman–Crippen LogP) is 4.27. The Morgan fingerprint density at radius 3 is 2.10 bits per heavy atom. The molecule has 0 aliphatic rings. The highest BCUT2D eigenvalue weighted by atomic mass is 19.2. The van der Waals surface area contributed by atoms with Crippen LogP contribution >= 0.6 is 0 Å². The Morgan fingerprint density at radius 1 is 0.905 bits per heavy atom. The van der Waals surface area contributed by atoms with Crippen LogP contribution in [0.5, 0.6) is 0 Å². The minimum absolute atomic E-state index is 0.0797. The molecule has 0 radical (unpaired) electrons. The van der Waals surface area contributed by atoms with Gasteiger partial charge in [0.15, 0.2) is 6.29 Å². The molecule has 0 aliphatic carbocycles. The summed E-state index contributed by atoms with van der Waals surface area (Å²) < 4.78 is 55.8. The van der Waals surface area contributed by atoms with Crippen LogP contribution in [0.4, 0.5) is 17.7 Å². The molecule has 0 spiro atoms. The molecule has 3 aromatic rings. The van der Waals surface area contributed by atoms with Crippen LogP contribution in [-0.4, -0.2) is 11.1 Å². The van der Waals surface area contributed by atoms with Crippen molar-refractivity contribution in [2.75, 3.05) is 0 Å². The van der Waals surface area contributed by atoms with Gasteiger partial charge in [0.1, 0.15) is 17.5 Å². The van der Waals surface area contributed by atoms with Crippen molar-refractivity contribution < 1.29 is 22.4 Å². The number of fused-ring (bicyclic) bond motifs is 1. The second kappa shape index (κ2) is 4.73. The van der Waals surface area contributed by atoms with Gasteiger partial charge in [0.2, 0.25) is 0 Å². The van der Waals surface area contributed by atoms with Crippen molar-refractivity contribution in [2.45, 2.75) is 0 Å². The van der Waals surface area contributed by atoms with Gasteiger partial charge in [0.05, 0.1) is 22.3 Å². The Balaban J connectivity index is 2.52. The third-order valence-electron chi connectivity index (χ3n) is 3.24. The molecule has 0 unspecified atom stereocenters. The van der Waals surface area contributed by atoms with Crippen molar-refractivity contribution in [1.29, 1.82) is 0 Å². The van der Waals surface area contributed by atoms with Gasteiger partial charge < -0.3 is 0 Å². The number of aromatic nitrogens is 1. The maximum absolute atomic E-state index is 14.4. The summed E-state index contributed by atoms with van der Waals surface area (Å²) in [5, 5.41) is -0.312. The van der Waals surface area contributed by atoms with E-state index >= 15 is 0 Å². The van der Waals surface area contributed by atoms with Crippen molar-refractivity contribution in [3.05, 3.63) is 59.4 Å². The number of carbonyl (C=O) groups is 1. The van der Waals surface area contributed by atoms with Crippen LogP contribution < -0.4 is 0 Å². The van der Waals surface area contributed by atoms with Gasteiger partial charge in [-0.1, -0.05) is 16.6 Å².